The quantitative estimate of drug-likeness (QED) is 0.0658. The van der Waals surface area contributed by atoms with Crippen molar-refractivity contribution < 1.29 is 34.1 Å². The first kappa shape index (κ1) is 39.7. The monoisotopic (exact) mass is 786 g/mol. The number of phenols is 3. The Kier molecular flexibility index (Phi) is 12.4. The van der Waals surface area contributed by atoms with E-state index in [1.165, 1.54) is 0 Å². The highest BCUT2D eigenvalue weighted by molar-refractivity contribution is 7.31. The van der Waals surface area contributed by atoms with Gasteiger partial charge >= 0.3 is 8.25 Å². The van der Waals surface area contributed by atoms with Crippen LogP contribution in [0.5, 0.6) is 23.0 Å². The molecule has 0 amide bonds. The second kappa shape index (κ2) is 18.2. The van der Waals surface area contributed by atoms with Crippen molar-refractivity contribution >= 4 is 14.0 Å². The number of hydrogen-bond acceptors (Lipinski definition) is 7. The summed E-state index contributed by atoms with van der Waals surface area (Å²) in [6.07, 6.45) is 1.60. The molecule has 0 aliphatic rings. The Morgan fingerprint density at radius 3 is 1.43 bits per heavy atom. The molecule has 0 spiro atoms. The molecule has 0 fully saturated rings. The van der Waals surface area contributed by atoms with Gasteiger partial charge in [-0.3, -0.25) is 9.32 Å². The SMILES string of the molecule is O=C(c1c(O)cc(O)cc1O)C(Cc1ccccc1)C(Cc1ccccc1)(Cc1ccccc1)c1ccc(O[P+](=O)[O-])c(Cc2ccccc2)c1Cc1ccccc1. The number of rotatable bonds is 16. The number of carbonyl (C=O) groups excluding carboxylic acids is 1. The van der Waals surface area contributed by atoms with Crippen molar-refractivity contribution in [2.45, 2.75) is 37.5 Å². The third kappa shape index (κ3) is 9.19. The number of aromatic hydroxyl groups is 3. The molecule has 0 saturated carbocycles. The molecule has 0 aliphatic heterocycles. The van der Waals surface area contributed by atoms with E-state index in [2.05, 4.69) is 0 Å². The zero-order chi connectivity index (χ0) is 40.5. The minimum absolute atomic E-state index is 0.197. The molecule has 3 N–H and O–H groups in total. The molecule has 290 valence electrons. The Bertz CT molecular complexity index is 2410. The van der Waals surface area contributed by atoms with E-state index in [1.54, 1.807) is 6.07 Å². The summed E-state index contributed by atoms with van der Waals surface area (Å²) in [5.41, 5.74) is 5.52. The van der Waals surface area contributed by atoms with Crippen LogP contribution in [0, 0.1) is 5.92 Å². The van der Waals surface area contributed by atoms with Crippen molar-refractivity contribution in [3.63, 3.8) is 0 Å². The van der Waals surface area contributed by atoms with Gasteiger partial charge in [-0.05, 0) is 75.3 Å². The number of phenolic OH excluding ortho intramolecular Hbond substituents is 3. The van der Waals surface area contributed by atoms with Crippen molar-refractivity contribution in [2.75, 3.05) is 0 Å². The molecular formula is C50H43O7P. The Morgan fingerprint density at radius 1 is 0.569 bits per heavy atom. The molecule has 0 aliphatic carbocycles. The summed E-state index contributed by atoms with van der Waals surface area (Å²) in [4.78, 5) is 28.0. The van der Waals surface area contributed by atoms with Crippen LogP contribution in [0.3, 0.4) is 0 Å². The maximum atomic E-state index is 15.7. The number of Topliss-reactive ketones (excluding diaryl/α,β-unsaturated/α-hetero) is 1. The summed E-state index contributed by atoms with van der Waals surface area (Å²) in [5, 5.41) is 33.0. The molecular weight excluding hydrogens is 744 g/mol. The second-order valence-electron chi connectivity index (χ2n) is 14.7. The van der Waals surface area contributed by atoms with Gasteiger partial charge in [-0.15, -0.1) is 0 Å². The molecule has 58 heavy (non-hydrogen) atoms. The van der Waals surface area contributed by atoms with Gasteiger partial charge in [0.2, 0.25) is 0 Å². The smallest absolute Gasteiger partial charge is 0.539 e. The number of benzene rings is 7. The lowest BCUT2D eigenvalue weighted by atomic mass is 9.58. The topological polar surface area (TPSA) is 127 Å². The fourth-order valence-electron chi connectivity index (χ4n) is 8.32. The van der Waals surface area contributed by atoms with Crippen LogP contribution in [0.2, 0.25) is 0 Å². The Balaban J connectivity index is 1.61. The summed E-state index contributed by atoms with van der Waals surface area (Å²) in [5.74, 6) is -2.71. The van der Waals surface area contributed by atoms with Crippen molar-refractivity contribution in [1.29, 1.82) is 0 Å². The summed E-state index contributed by atoms with van der Waals surface area (Å²) in [7, 11) is -3.28. The highest BCUT2D eigenvalue weighted by atomic mass is 31.1. The third-order valence-electron chi connectivity index (χ3n) is 10.9. The zero-order valence-electron chi connectivity index (χ0n) is 31.8. The fraction of sp³-hybridized carbons (Fsp3) is 0.140. The maximum absolute atomic E-state index is 15.7. The van der Waals surface area contributed by atoms with Gasteiger partial charge in [0.1, 0.15) is 22.8 Å². The molecule has 0 radical (unpaired) electrons. The van der Waals surface area contributed by atoms with Gasteiger partial charge in [0.15, 0.2) is 11.5 Å². The van der Waals surface area contributed by atoms with E-state index >= 15 is 4.79 Å². The number of ketones is 1. The molecule has 7 nitrogen and oxygen atoms in total. The summed E-state index contributed by atoms with van der Waals surface area (Å²) < 4.78 is 18.0. The van der Waals surface area contributed by atoms with Gasteiger partial charge in [0.05, 0.1) is 0 Å². The highest BCUT2D eigenvalue weighted by Gasteiger charge is 2.47. The van der Waals surface area contributed by atoms with Gasteiger partial charge in [0.25, 0.3) is 0 Å². The van der Waals surface area contributed by atoms with Gasteiger partial charge in [-0.1, -0.05) is 158 Å². The Hall–Kier alpha value is -6.53. The number of carbonyl (C=O) groups is 1. The molecule has 7 rings (SSSR count). The van der Waals surface area contributed by atoms with Crippen LogP contribution in [0.4, 0.5) is 0 Å². The predicted octanol–water partition coefficient (Wildman–Crippen LogP) is 9.85. The molecule has 7 aromatic carbocycles. The molecule has 0 saturated heterocycles. The molecule has 0 heterocycles. The van der Waals surface area contributed by atoms with E-state index in [4.69, 9.17) is 4.52 Å². The largest absolute Gasteiger partial charge is 0.558 e. The Labute approximate surface area is 339 Å². The Morgan fingerprint density at radius 2 is 0.983 bits per heavy atom. The maximum Gasteiger partial charge on any atom is 0.539 e. The molecule has 2 atom stereocenters. The van der Waals surface area contributed by atoms with Gasteiger partial charge < -0.3 is 20.2 Å². The lowest BCUT2D eigenvalue weighted by Gasteiger charge is -2.43. The standard InChI is InChI=1S/C50H43O7P/c51-40-31-45(52)48(46(53)32-40)49(54)44(30-37-20-10-3-11-21-37)50(33-38-22-12-4-13-23-38,34-39-24-14-5-15-25-39)43-26-27-47(57-58(55)56)42(29-36-18-8-2-9-19-36)41(43)28-35-16-6-1-7-17-35/h1-27,31-32,44,51-53H,28-30,33-34H2. The molecule has 2 unspecified atom stereocenters. The van der Waals surface area contributed by atoms with E-state index in [-0.39, 0.29) is 23.5 Å². The first-order valence-corrected chi connectivity index (χ1v) is 20.3. The van der Waals surface area contributed by atoms with Crippen LogP contribution in [0.15, 0.2) is 176 Å². The average Bonchev–Trinajstić information content (AvgIpc) is 3.22. The van der Waals surface area contributed by atoms with Crippen LogP contribution < -0.4 is 9.42 Å². The normalized spacial score (nSPS) is 12.1. The minimum Gasteiger partial charge on any atom is -0.558 e. The molecule has 7 aromatic rings. The van der Waals surface area contributed by atoms with Crippen LogP contribution in [0.25, 0.3) is 0 Å². The van der Waals surface area contributed by atoms with E-state index in [0.29, 0.717) is 31.2 Å². The number of hydrogen-bond donors (Lipinski definition) is 3. The van der Waals surface area contributed by atoms with Crippen LogP contribution in [-0.4, -0.2) is 21.1 Å². The van der Waals surface area contributed by atoms with Crippen LogP contribution in [0.1, 0.15) is 54.9 Å². The summed E-state index contributed by atoms with van der Waals surface area (Å²) >= 11 is 0. The minimum atomic E-state index is -3.28. The van der Waals surface area contributed by atoms with Gasteiger partial charge in [0, 0.05) is 35.4 Å². The van der Waals surface area contributed by atoms with Crippen molar-refractivity contribution in [3.05, 3.63) is 226 Å². The van der Waals surface area contributed by atoms with E-state index < -0.39 is 36.9 Å². The summed E-state index contributed by atoms with van der Waals surface area (Å²) in [6.45, 7) is 0. The first-order valence-electron chi connectivity index (χ1n) is 19.2. The van der Waals surface area contributed by atoms with Crippen molar-refractivity contribution in [3.8, 4) is 23.0 Å². The van der Waals surface area contributed by atoms with Crippen LogP contribution in [-0.2, 0) is 42.1 Å². The van der Waals surface area contributed by atoms with Crippen LogP contribution >= 0.6 is 8.25 Å². The van der Waals surface area contributed by atoms with E-state index in [0.717, 1.165) is 51.1 Å². The predicted molar refractivity (Wildman–Crippen MR) is 225 cm³/mol. The highest BCUT2D eigenvalue weighted by Crippen LogP contribution is 2.49. The lowest BCUT2D eigenvalue weighted by molar-refractivity contribution is -0.178. The van der Waals surface area contributed by atoms with E-state index in [9.17, 15) is 24.8 Å². The molecule has 8 heteroatoms. The average molecular weight is 787 g/mol. The fourth-order valence-corrected chi connectivity index (χ4v) is 8.65. The first-order chi connectivity index (χ1) is 28.2. The van der Waals surface area contributed by atoms with Gasteiger partial charge in [-0.25, -0.2) is 0 Å². The van der Waals surface area contributed by atoms with Crippen molar-refractivity contribution in [2.24, 2.45) is 5.92 Å². The lowest BCUT2D eigenvalue weighted by Crippen LogP contribution is -2.46. The summed E-state index contributed by atoms with van der Waals surface area (Å²) in [6, 6.07) is 54.9. The van der Waals surface area contributed by atoms with Crippen molar-refractivity contribution in [1.82, 2.24) is 0 Å². The third-order valence-corrected chi connectivity index (χ3v) is 11.2. The van der Waals surface area contributed by atoms with E-state index in [1.807, 2.05) is 158 Å². The van der Waals surface area contributed by atoms with Gasteiger partial charge in [-0.2, -0.15) is 0 Å². The molecule has 0 bridgehead atoms. The zero-order valence-corrected chi connectivity index (χ0v) is 32.7. The molecule has 0 aromatic heterocycles. The second-order valence-corrected chi connectivity index (χ2v) is 15.3.